The highest BCUT2D eigenvalue weighted by atomic mass is 32.2. The summed E-state index contributed by atoms with van der Waals surface area (Å²) in [5.41, 5.74) is 0.876. The first-order valence-corrected chi connectivity index (χ1v) is 9.55. The van der Waals surface area contributed by atoms with Crippen LogP contribution in [0.1, 0.15) is 29.0 Å². The normalized spacial score (nSPS) is 15.8. The van der Waals surface area contributed by atoms with Gasteiger partial charge >= 0.3 is 0 Å². The Kier molecular flexibility index (Phi) is 4.95. The van der Waals surface area contributed by atoms with Crippen LogP contribution < -0.4 is 10.9 Å². The molecular formula is C20H15F2N3O2S. The second-order valence-electron chi connectivity index (χ2n) is 6.38. The summed E-state index contributed by atoms with van der Waals surface area (Å²) in [6, 6.07) is 12.8. The standard InChI is InChI=1S/C20H15F2N3O2S/c21-12-6-7-13(15(22)8-12)14-9-16(26)23-18-17(14)19(27)25-20(24-18)28-10-11-4-2-1-3-5-11/h1-8,14H,9-10H2,(H2,23,24,25,26,27)/t14-/m0/s1. The van der Waals surface area contributed by atoms with Crippen LogP contribution >= 0.6 is 11.8 Å². The van der Waals surface area contributed by atoms with Crippen LogP contribution in [-0.4, -0.2) is 15.9 Å². The van der Waals surface area contributed by atoms with E-state index in [4.69, 9.17) is 0 Å². The van der Waals surface area contributed by atoms with Gasteiger partial charge < -0.3 is 10.3 Å². The van der Waals surface area contributed by atoms with Crippen molar-refractivity contribution < 1.29 is 13.6 Å². The largest absolute Gasteiger partial charge is 0.310 e. The monoisotopic (exact) mass is 399 g/mol. The molecule has 4 rings (SSSR count). The summed E-state index contributed by atoms with van der Waals surface area (Å²) in [7, 11) is 0. The van der Waals surface area contributed by atoms with E-state index in [1.54, 1.807) is 0 Å². The molecule has 0 unspecified atom stereocenters. The van der Waals surface area contributed by atoms with Crippen LogP contribution in [0.15, 0.2) is 58.5 Å². The average molecular weight is 399 g/mol. The summed E-state index contributed by atoms with van der Waals surface area (Å²) in [6.45, 7) is 0. The zero-order valence-electron chi connectivity index (χ0n) is 14.5. The fraction of sp³-hybridized carbons (Fsp3) is 0.150. The van der Waals surface area contributed by atoms with Crippen molar-refractivity contribution in [3.05, 3.63) is 87.2 Å². The lowest BCUT2D eigenvalue weighted by atomic mass is 9.86. The van der Waals surface area contributed by atoms with E-state index in [0.29, 0.717) is 10.9 Å². The van der Waals surface area contributed by atoms with E-state index < -0.39 is 23.1 Å². The van der Waals surface area contributed by atoms with Gasteiger partial charge in [0.05, 0.1) is 5.56 Å². The molecule has 0 bridgehead atoms. The van der Waals surface area contributed by atoms with Crippen LogP contribution in [0.3, 0.4) is 0 Å². The van der Waals surface area contributed by atoms with Crippen LogP contribution in [0.25, 0.3) is 0 Å². The van der Waals surface area contributed by atoms with E-state index in [0.717, 1.165) is 17.7 Å². The predicted octanol–water partition coefficient (Wildman–Crippen LogP) is 3.81. The minimum Gasteiger partial charge on any atom is -0.310 e. The zero-order chi connectivity index (χ0) is 19.7. The van der Waals surface area contributed by atoms with E-state index in [-0.39, 0.29) is 29.3 Å². The second-order valence-corrected chi connectivity index (χ2v) is 7.34. The molecule has 142 valence electrons. The Labute approximate surface area is 163 Å². The summed E-state index contributed by atoms with van der Waals surface area (Å²) in [6.07, 6.45) is -0.114. The van der Waals surface area contributed by atoms with Gasteiger partial charge in [0.1, 0.15) is 17.5 Å². The van der Waals surface area contributed by atoms with Crippen LogP contribution in [0.2, 0.25) is 0 Å². The Bertz CT molecular complexity index is 1100. The SMILES string of the molecule is O=C1C[C@@H](c2ccc(F)cc2F)c2c(nc(SCc3ccccc3)[nH]c2=O)N1. The van der Waals surface area contributed by atoms with Crippen molar-refractivity contribution in [2.75, 3.05) is 5.32 Å². The first-order valence-electron chi connectivity index (χ1n) is 8.57. The number of halogens is 2. The van der Waals surface area contributed by atoms with E-state index in [9.17, 15) is 18.4 Å². The summed E-state index contributed by atoms with van der Waals surface area (Å²) in [5.74, 6) is -2.02. The fourth-order valence-electron chi connectivity index (χ4n) is 3.19. The molecule has 0 spiro atoms. The molecule has 8 heteroatoms. The third-order valence-electron chi connectivity index (χ3n) is 4.49. The molecule has 5 nitrogen and oxygen atoms in total. The number of thioether (sulfide) groups is 1. The number of H-pyrrole nitrogens is 1. The molecule has 0 aliphatic carbocycles. The highest BCUT2D eigenvalue weighted by Crippen LogP contribution is 2.36. The number of nitrogens with one attached hydrogen (secondary N) is 2. The maximum Gasteiger partial charge on any atom is 0.257 e. The average Bonchev–Trinajstić information content (AvgIpc) is 2.66. The first kappa shape index (κ1) is 18.4. The molecule has 0 saturated carbocycles. The molecule has 2 N–H and O–H groups in total. The number of amides is 1. The molecule has 1 aliphatic rings. The molecule has 1 aromatic heterocycles. The molecule has 0 saturated heterocycles. The number of hydrogen-bond acceptors (Lipinski definition) is 4. The highest BCUT2D eigenvalue weighted by Gasteiger charge is 2.32. The number of fused-ring (bicyclic) bond motifs is 1. The van der Waals surface area contributed by atoms with Crippen molar-refractivity contribution in [1.29, 1.82) is 0 Å². The van der Waals surface area contributed by atoms with Crippen LogP contribution in [0, 0.1) is 11.6 Å². The van der Waals surface area contributed by atoms with E-state index >= 15 is 0 Å². The number of rotatable bonds is 4. The summed E-state index contributed by atoms with van der Waals surface area (Å²) in [4.78, 5) is 31.9. The van der Waals surface area contributed by atoms with Gasteiger partial charge in [0.2, 0.25) is 5.91 Å². The van der Waals surface area contributed by atoms with Gasteiger partial charge in [-0.15, -0.1) is 0 Å². The van der Waals surface area contributed by atoms with Crippen LogP contribution in [0.5, 0.6) is 0 Å². The molecule has 1 atom stereocenters. The molecule has 3 aromatic rings. The molecule has 0 fully saturated rings. The smallest absolute Gasteiger partial charge is 0.257 e. The number of carbonyl (C=O) groups excluding carboxylic acids is 1. The number of hydrogen-bond donors (Lipinski definition) is 2. The van der Waals surface area contributed by atoms with Crippen molar-refractivity contribution in [2.45, 2.75) is 23.2 Å². The summed E-state index contributed by atoms with van der Waals surface area (Å²) in [5, 5.41) is 2.94. The van der Waals surface area contributed by atoms with Gasteiger partial charge in [0, 0.05) is 24.2 Å². The maximum absolute atomic E-state index is 14.3. The summed E-state index contributed by atoms with van der Waals surface area (Å²) >= 11 is 1.32. The van der Waals surface area contributed by atoms with Crippen molar-refractivity contribution in [1.82, 2.24) is 9.97 Å². The predicted molar refractivity (Wildman–Crippen MR) is 102 cm³/mol. The van der Waals surface area contributed by atoms with E-state index in [1.807, 2.05) is 30.3 Å². The number of nitrogens with zero attached hydrogens (tertiary/aromatic N) is 1. The van der Waals surface area contributed by atoms with Gasteiger partial charge in [-0.2, -0.15) is 0 Å². The third-order valence-corrected chi connectivity index (χ3v) is 5.43. The minimum atomic E-state index is -0.825. The molecule has 0 radical (unpaired) electrons. The van der Waals surface area contributed by atoms with Crippen LogP contribution in [0.4, 0.5) is 14.6 Å². The Morgan fingerprint density at radius 1 is 1.11 bits per heavy atom. The number of carbonyl (C=O) groups is 1. The maximum atomic E-state index is 14.3. The Morgan fingerprint density at radius 2 is 1.89 bits per heavy atom. The van der Waals surface area contributed by atoms with Gasteiger partial charge in [0.25, 0.3) is 5.56 Å². The molecule has 28 heavy (non-hydrogen) atoms. The van der Waals surface area contributed by atoms with Crippen LogP contribution in [-0.2, 0) is 10.5 Å². The summed E-state index contributed by atoms with van der Waals surface area (Å²) < 4.78 is 27.5. The quantitative estimate of drug-likeness (QED) is 0.517. The topological polar surface area (TPSA) is 74.8 Å². The first-order chi connectivity index (χ1) is 13.5. The van der Waals surface area contributed by atoms with Gasteiger partial charge in [-0.3, -0.25) is 9.59 Å². The minimum absolute atomic E-state index is 0.0921. The number of benzene rings is 2. The van der Waals surface area contributed by atoms with Crippen molar-refractivity contribution >= 4 is 23.5 Å². The Morgan fingerprint density at radius 3 is 2.64 bits per heavy atom. The van der Waals surface area contributed by atoms with Crippen molar-refractivity contribution in [3.63, 3.8) is 0 Å². The van der Waals surface area contributed by atoms with Crippen molar-refractivity contribution in [3.8, 4) is 0 Å². The van der Waals surface area contributed by atoms with Crippen molar-refractivity contribution in [2.24, 2.45) is 0 Å². The molecule has 2 heterocycles. The fourth-order valence-corrected chi connectivity index (χ4v) is 4.01. The van der Waals surface area contributed by atoms with E-state index in [2.05, 4.69) is 15.3 Å². The Hall–Kier alpha value is -3.00. The van der Waals surface area contributed by atoms with E-state index in [1.165, 1.54) is 17.8 Å². The van der Waals surface area contributed by atoms with Gasteiger partial charge in [-0.1, -0.05) is 48.2 Å². The Balaban J connectivity index is 1.69. The van der Waals surface area contributed by atoms with Gasteiger partial charge in [-0.25, -0.2) is 13.8 Å². The number of aromatic amines is 1. The van der Waals surface area contributed by atoms with Gasteiger partial charge in [-0.05, 0) is 17.2 Å². The lowest BCUT2D eigenvalue weighted by Gasteiger charge is -2.24. The molecular weight excluding hydrogens is 384 g/mol. The zero-order valence-corrected chi connectivity index (χ0v) is 15.4. The van der Waals surface area contributed by atoms with Gasteiger partial charge in [0.15, 0.2) is 5.16 Å². The lowest BCUT2D eigenvalue weighted by molar-refractivity contribution is -0.116. The molecule has 1 amide bonds. The number of anilines is 1. The number of aromatic nitrogens is 2. The third kappa shape index (κ3) is 3.68. The highest BCUT2D eigenvalue weighted by molar-refractivity contribution is 7.98. The molecule has 2 aromatic carbocycles. The second kappa shape index (κ2) is 7.55. The lowest BCUT2D eigenvalue weighted by Crippen LogP contribution is -2.31. The molecule has 1 aliphatic heterocycles.